The van der Waals surface area contributed by atoms with Crippen LogP contribution in [0.4, 0.5) is 0 Å². The zero-order valence-electron chi connectivity index (χ0n) is 13.8. The van der Waals surface area contributed by atoms with Gasteiger partial charge in [0.15, 0.2) is 18.5 Å². The normalized spacial score (nSPS) is 29.3. The highest BCUT2D eigenvalue weighted by molar-refractivity contribution is 5.73. The highest BCUT2D eigenvalue weighted by atomic mass is 16.7. The Morgan fingerprint density at radius 3 is 1.96 bits per heavy atom. The summed E-state index contributed by atoms with van der Waals surface area (Å²) in [5, 5.41) is 12.5. The van der Waals surface area contributed by atoms with Gasteiger partial charge in [-0.1, -0.05) is 0 Å². The molecule has 0 spiro atoms. The van der Waals surface area contributed by atoms with Crippen LogP contribution in [0.25, 0.3) is 0 Å². The number of hydrogen-bond donors (Lipinski definition) is 2. The van der Waals surface area contributed by atoms with E-state index in [1.165, 1.54) is 13.8 Å². The maximum absolute atomic E-state index is 11.4. The van der Waals surface area contributed by atoms with Crippen LogP contribution in [0, 0.1) is 0 Å². The van der Waals surface area contributed by atoms with E-state index in [0.717, 1.165) is 13.8 Å². The van der Waals surface area contributed by atoms with Crippen molar-refractivity contribution in [3.05, 3.63) is 0 Å². The Kier molecular flexibility index (Phi) is 7.11. The van der Waals surface area contributed by atoms with Gasteiger partial charge in [0, 0.05) is 27.7 Å². The summed E-state index contributed by atoms with van der Waals surface area (Å²) in [6.45, 7) is 4.28. The fourth-order valence-corrected chi connectivity index (χ4v) is 2.31. The van der Waals surface area contributed by atoms with Gasteiger partial charge in [0.05, 0.1) is 0 Å². The molecule has 0 aliphatic carbocycles. The number of rotatable bonds is 5. The van der Waals surface area contributed by atoms with Crippen LogP contribution in [0.3, 0.4) is 0 Å². The quantitative estimate of drug-likeness (QED) is 0.456. The molecule has 0 aromatic heterocycles. The van der Waals surface area contributed by atoms with Crippen molar-refractivity contribution in [2.75, 3.05) is 6.61 Å². The average Bonchev–Trinajstić information content (AvgIpc) is 2.42. The third kappa shape index (κ3) is 5.78. The summed E-state index contributed by atoms with van der Waals surface area (Å²) in [5.74, 6) is -2.54. The largest absolute Gasteiger partial charge is 0.463 e. The van der Waals surface area contributed by atoms with E-state index in [2.05, 4.69) is 5.32 Å². The van der Waals surface area contributed by atoms with Crippen LogP contribution in [0.5, 0.6) is 0 Å². The van der Waals surface area contributed by atoms with E-state index >= 15 is 0 Å². The van der Waals surface area contributed by atoms with Crippen molar-refractivity contribution in [2.24, 2.45) is 0 Å². The first kappa shape index (κ1) is 19.8. The van der Waals surface area contributed by atoms with Crippen molar-refractivity contribution in [1.29, 1.82) is 0 Å². The number of amides is 1. The molecule has 24 heavy (non-hydrogen) atoms. The Balaban J connectivity index is 3.11. The second-order valence-electron chi connectivity index (χ2n) is 5.24. The molecule has 2 N–H and O–H groups in total. The van der Waals surface area contributed by atoms with Gasteiger partial charge in [-0.25, -0.2) is 0 Å². The van der Waals surface area contributed by atoms with Crippen LogP contribution < -0.4 is 5.32 Å². The Labute approximate surface area is 138 Å². The van der Waals surface area contributed by atoms with Gasteiger partial charge >= 0.3 is 17.9 Å². The molecule has 1 fully saturated rings. The van der Waals surface area contributed by atoms with E-state index < -0.39 is 54.5 Å². The number of carbonyl (C=O) groups is 4. The van der Waals surface area contributed by atoms with Crippen LogP contribution in [-0.4, -0.2) is 66.2 Å². The van der Waals surface area contributed by atoms with Gasteiger partial charge in [-0.15, -0.1) is 0 Å². The van der Waals surface area contributed by atoms with Gasteiger partial charge in [0.1, 0.15) is 18.8 Å². The number of aliphatic hydroxyl groups excluding tert-OH is 1. The summed E-state index contributed by atoms with van der Waals surface area (Å²) >= 11 is 0. The summed E-state index contributed by atoms with van der Waals surface area (Å²) in [6, 6.07) is -1.16. The first-order chi connectivity index (χ1) is 11.1. The molecule has 0 radical (unpaired) electrons. The van der Waals surface area contributed by atoms with Gasteiger partial charge in [-0.3, -0.25) is 19.2 Å². The number of aliphatic hydroxyl groups is 1. The predicted octanol–water partition coefficient (Wildman–Crippen LogP) is -1.37. The van der Waals surface area contributed by atoms with E-state index in [1.807, 2.05) is 0 Å². The maximum atomic E-state index is 11.4. The first-order valence-electron chi connectivity index (χ1n) is 7.20. The summed E-state index contributed by atoms with van der Waals surface area (Å²) in [4.78, 5) is 45.0. The summed E-state index contributed by atoms with van der Waals surface area (Å²) in [6.07, 6.45) is -5.06. The number of ether oxygens (including phenoxy) is 4. The van der Waals surface area contributed by atoms with Gasteiger partial charge in [-0.2, -0.15) is 0 Å². The van der Waals surface area contributed by atoms with Crippen molar-refractivity contribution in [3.8, 4) is 0 Å². The Morgan fingerprint density at radius 2 is 1.50 bits per heavy atom. The second kappa shape index (κ2) is 8.60. The molecule has 0 bridgehead atoms. The molecule has 1 rings (SSSR count). The Morgan fingerprint density at radius 1 is 0.958 bits per heavy atom. The number of nitrogens with one attached hydrogen (secondary N) is 1. The van der Waals surface area contributed by atoms with Crippen LogP contribution in [0.1, 0.15) is 27.7 Å². The SMILES string of the molecule is CC(=O)N[C@@H]1C(OC(C)=O)[C@H](OC(C)=O)C(COC(C)=O)O[C@H]1O. The first-order valence-corrected chi connectivity index (χ1v) is 7.20. The monoisotopic (exact) mass is 347 g/mol. The van der Waals surface area contributed by atoms with Gasteiger partial charge in [0.25, 0.3) is 0 Å². The number of carbonyl (C=O) groups excluding carboxylic acids is 4. The van der Waals surface area contributed by atoms with E-state index in [1.54, 1.807) is 0 Å². The fourth-order valence-electron chi connectivity index (χ4n) is 2.31. The van der Waals surface area contributed by atoms with Crippen LogP contribution >= 0.6 is 0 Å². The zero-order valence-corrected chi connectivity index (χ0v) is 13.8. The second-order valence-corrected chi connectivity index (χ2v) is 5.24. The molecule has 0 aromatic rings. The van der Waals surface area contributed by atoms with E-state index in [-0.39, 0.29) is 6.61 Å². The lowest BCUT2D eigenvalue weighted by Crippen LogP contribution is -2.66. The van der Waals surface area contributed by atoms with E-state index in [0.29, 0.717) is 0 Å². The topological polar surface area (TPSA) is 137 Å². The molecule has 136 valence electrons. The van der Waals surface area contributed by atoms with Crippen molar-refractivity contribution in [1.82, 2.24) is 5.32 Å². The summed E-state index contributed by atoms with van der Waals surface area (Å²) in [5.41, 5.74) is 0. The lowest BCUT2D eigenvalue weighted by Gasteiger charge is -2.43. The highest BCUT2D eigenvalue weighted by Crippen LogP contribution is 2.26. The number of esters is 3. The molecule has 0 saturated carbocycles. The van der Waals surface area contributed by atoms with Crippen molar-refractivity contribution in [2.45, 2.75) is 58.3 Å². The van der Waals surface area contributed by atoms with Gasteiger partial charge < -0.3 is 29.4 Å². The van der Waals surface area contributed by atoms with Crippen molar-refractivity contribution >= 4 is 23.8 Å². The lowest BCUT2D eigenvalue weighted by molar-refractivity contribution is -0.264. The molecule has 0 aromatic carbocycles. The molecule has 10 heteroatoms. The van der Waals surface area contributed by atoms with E-state index in [4.69, 9.17) is 18.9 Å². The molecule has 10 nitrogen and oxygen atoms in total. The molecule has 1 saturated heterocycles. The Hall–Kier alpha value is -2.20. The third-order valence-electron chi connectivity index (χ3n) is 3.09. The predicted molar refractivity (Wildman–Crippen MR) is 76.2 cm³/mol. The highest BCUT2D eigenvalue weighted by Gasteiger charge is 2.50. The number of hydrogen-bond acceptors (Lipinski definition) is 9. The molecule has 1 aliphatic heterocycles. The molecular weight excluding hydrogens is 326 g/mol. The lowest BCUT2D eigenvalue weighted by atomic mass is 9.96. The van der Waals surface area contributed by atoms with Gasteiger partial charge in [0.2, 0.25) is 5.91 Å². The fraction of sp³-hybridized carbons (Fsp3) is 0.714. The van der Waals surface area contributed by atoms with Crippen molar-refractivity contribution in [3.63, 3.8) is 0 Å². The summed E-state index contributed by atoms with van der Waals surface area (Å²) < 4.78 is 20.3. The maximum Gasteiger partial charge on any atom is 0.303 e. The molecular formula is C14H21NO9. The molecule has 2 unspecified atom stereocenters. The molecule has 5 atom stereocenters. The van der Waals surface area contributed by atoms with E-state index in [9.17, 15) is 24.3 Å². The average molecular weight is 347 g/mol. The molecule has 1 amide bonds. The smallest absolute Gasteiger partial charge is 0.303 e. The van der Waals surface area contributed by atoms with Crippen LogP contribution in [-0.2, 0) is 38.1 Å². The van der Waals surface area contributed by atoms with Crippen molar-refractivity contribution < 1.29 is 43.2 Å². The Bertz CT molecular complexity index is 506. The zero-order chi connectivity index (χ0) is 18.4. The minimum absolute atomic E-state index is 0.338. The molecule has 1 aliphatic rings. The third-order valence-corrected chi connectivity index (χ3v) is 3.09. The summed E-state index contributed by atoms with van der Waals surface area (Å²) in [7, 11) is 0. The van der Waals surface area contributed by atoms with Crippen LogP contribution in [0.15, 0.2) is 0 Å². The van der Waals surface area contributed by atoms with Gasteiger partial charge in [-0.05, 0) is 0 Å². The standard InChI is InChI=1S/C14H21NO9/c1-6(16)15-11-13(23-9(4)19)12(22-8(3)18)10(24-14(11)20)5-21-7(2)17/h10-14,20H,5H2,1-4H3,(H,15,16)/t10?,11-,12-,13?,14-/m1/s1. The minimum Gasteiger partial charge on any atom is -0.463 e. The molecule has 1 heterocycles. The minimum atomic E-state index is -1.56. The van der Waals surface area contributed by atoms with Crippen LogP contribution in [0.2, 0.25) is 0 Å².